The summed E-state index contributed by atoms with van der Waals surface area (Å²) in [5, 5.41) is 9.08. The van der Waals surface area contributed by atoms with Gasteiger partial charge in [-0.1, -0.05) is 6.07 Å². The quantitative estimate of drug-likeness (QED) is 0.835. The molecule has 6 heteroatoms. The van der Waals surface area contributed by atoms with Crippen LogP contribution in [0.2, 0.25) is 0 Å². The third-order valence-electron chi connectivity index (χ3n) is 5.26. The second kappa shape index (κ2) is 6.26. The van der Waals surface area contributed by atoms with Crippen molar-refractivity contribution in [3.63, 3.8) is 0 Å². The van der Waals surface area contributed by atoms with Crippen LogP contribution in [0, 0.1) is 16.7 Å². The Hall–Kier alpha value is -3.20. The number of rotatable bonds is 2. The number of aromatic nitrogens is 1. The molecule has 2 amide bonds. The minimum atomic E-state index is -0.206. The summed E-state index contributed by atoms with van der Waals surface area (Å²) in [6.45, 7) is 1.82. The van der Waals surface area contributed by atoms with E-state index in [9.17, 15) is 9.59 Å². The van der Waals surface area contributed by atoms with E-state index in [2.05, 4.69) is 11.1 Å². The standard InChI is InChI=1S/C20H18N4O2/c21-12-15-2-1-3-17(10-15)24-14-20(11-18(24)25)6-9-23(13-20)19(26)16-4-7-22-8-5-16/h1-5,7-8,10H,6,9,11,13-14H2/t20-/m0/s1. The summed E-state index contributed by atoms with van der Waals surface area (Å²) >= 11 is 0. The van der Waals surface area contributed by atoms with Crippen LogP contribution in [0.5, 0.6) is 0 Å². The van der Waals surface area contributed by atoms with Gasteiger partial charge in [0.2, 0.25) is 5.91 Å². The molecular weight excluding hydrogens is 328 g/mol. The molecule has 1 spiro atoms. The van der Waals surface area contributed by atoms with Crippen LogP contribution in [0.15, 0.2) is 48.8 Å². The van der Waals surface area contributed by atoms with E-state index in [-0.39, 0.29) is 17.2 Å². The molecule has 26 heavy (non-hydrogen) atoms. The number of carbonyl (C=O) groups is 2. The minimum Gasteiger partial charge on any atom is -0.338 e. The van der Waals surface area contributed by atoms with Gasteiger partial charge in [-0.25, -0.2) is 0 Å². The van der Waals surface area contributed by atoms with Crippen molar-refractivity contribution < 1.29 is 9.59 Å². The molecule has 0 saturated carbocycles. The first-order chi connectivity index (χ1) is 12.6. The number of benzene rings is 1. The summed E-state index contributed by atoms with van der Waals surface area (Å²) in [7, 11) is 0. The summed E-state index contributed by atoms with van der Waals surface area (Å²) in [5.41, 5.74) is 1.71. The second-order valence-electron chi connectivity index (χ2n) is 7.03. The fourth-order valence-electron chi connectivity index (χ4n) is 3.93. The molecule has 2 aliphatic rings. The van der Waals surface area contributed by atoms with Crippen LogP contribution in [0.25, 0.3) is 0 Å². The van der Waals surface area contributed by atoms with E-state index in [0.717, 1.165) is 12.1 Å². The van der Waals surface area contributed by atoms with Gasteiger partial charge in [0.05, 0.1) is 11.6 Å². The Labute approximate surface area is 151 Å². The fourth-order valence-corrected chi connectivity index (χ4v) is 3.93. The van der Waals surface area contributed by atoms with Crippen LogP contribution in [0.3, 0.4) is 0 Å². The summed E-state index contributed by atoms with van der Waals surface area (Å²) < 4.78 is 0. The zero-order valence-electron chi connectivity index (χ0n) is 14.3. The highest BCUT2D eigenvalue weighted by atomic mass is 16.2. The van der Waals surface area contributed by atoms with Crippen LogP contribution in [-0.4, -0.2) is 41.3 Å². The Morgan fingerprint density at radius 2 is 2.00 bits per heavy atom. The molecule has 6 nitrogen and oxygen atoms in total. The molecule has 4 rings (SSSR count). The molecule has 2 saturated heterocycles. The normalized spacial score (nSPS) is 22.0. The third-order valence-corrected chi connectivity index (χ3v) is 5.26. The predicted molar refractivity (Wildman–Crippen MR) is 95.3 cm³/mol. The number of nitrogens with zero attached hydrogens (tertiary/aromatic N) is 4. The van der Waals surface area contributed by atoms with E-state index < -0.39 is 0 Å². The largest absolute Gasteiger partial charge is 0.338 e. The first-order valence-electron chi connectivity index (χ1n) is 8.60. The molecule has 0 radical (unpaired) electrons. The molecular formula is C20H18N4O2. The number of carbonyl (C=O) groups excluding carboxylic acids is 2. The van der Waals surface area contributed by atoms with E-state index >= 15 is 0 Å². The van der Waals surface area contributed by atoms with E-state index in [1.807, 2.05) is 11.0 Å². The minimum absolute atomic E-state index is 0.0124. The maximum Gasteiger partial charge on any atom is 0.253 e. The lowest BCUT2D eigenvalue weighted by atomic mass is 9.86. The van der Waals surface area contributed by atoms with Crippen molar-refractivity contribution in [1.82, 2.24) is 9.88 Å². The molecule has 1 aromatic carbocycles. The van der Waals surface area contributed by atoms with E-state index in [1.54, 1.807) is 47.6 Å². The van der Waals surface area contributed by atoms with Gasteiger partial charge in [-0.05, 0) is 36.8 Å². The van der Waals surface area contributed by atoms with Crippen molar-refractivity contribution in [2.75, 3.05) is 24.5 Å². The smallest absolute Gasteiger partial charge is 0.253 e. The Balaban J connectivity index is 1.52. The summed E-state index contributed by atoms with van der Waals surface area (Å²) in [5.74, 6) is 0.0416. The second-order valence-corrected chi connectivity index (χ2v) is 7.03. The molecule has 130 valence electrons. The Kier molecular flexibility index (Phi) is 3.92. The topological polar surface area (TPSA) is 77.3 Å². The highest BCUT2D eigenvalue weighted by Gasteiger charge is 2.48. The molecule has 1 atom stereocenters. The van der Waals surface area contributed by atoms with Crippen LogP contribution in [0.1, 0.15) is 28.8 Å². The molecule has 0 aliphatic carbocycles. The summed E-state index contributed by atoms with van der Waals surface area (Å²) in [6.07, 6.45) is 4.47. The van der Waals surface area contributed by atoms with Gasteiger partial charge in [-0.15, -0.1) is 0 Å². The molecule has 0 N–H and O–H groups in total. The van der Waals surface area contributed by atoms with Crippen molar-refractivity contribution in [3.8, 4) is 6.07 Å². The van der Waals surface area contributed by atoms with Crippen LogP contribution >= 0.6 is 0 Å². The van der Waals surface area contributed by atoms with E-state index in [0.29, 0.717) is 37.2 Å². The average molecular weight is 346 g/mol. The molecule has 2 fully saturated rings. The van der Waals surface area contributed by atoms with Crippen LogP contribution in [0.4, 0.5) is 5.69 Å². The lowest BCUT2D eigenvalue weighted by Gasteiger charge is -2.24. The van der Waals surface area contributed by atoms with Crippen LogP contribution < -0.4 is 4.90 Å². The number of hydrogen-bond acceptors (Lipinski definition) is 4. The van der Waals surface area contributed by atoms with Crippen molar-refractivity contribution in [1.29, 1.82) is 5.26 Å². The highest BCUT2D eigenvalue weighted by molar-refractivity contribution is 5.97. The van der Waals surface area contributed by atoms with Crippen molar-refractivity contribution in [2.24, 2.45) is 5.41 Å². The molecule has 3 heterocycles. The van der Waals surface area contributed by atoms with Gasteiger partial charge in [-0.3, -0.25) is 14.6 Å². The molecule has 2 aliphatic heterocycles. The number of nitriles is 1. The number of hydrogen-bond donors (Lipinski definition) is 0. The van der Waals surface area contributed by atoms with Gasteiger partial charge in [0, 0.05) is 55.1 Å². The van der Waals surface area contributed by atoms with E-state index in [4.69, 9.17) is 5.26 Å². The van der Waals surface area contributed by atoms with Crippen molar-refractivity contribution in [3.05, 3.63) is 59.9 Å². The maximum absolute atomic E-state index is 12.7. The Bertz CT molecular complexity index is 906. The SMILES string of the molecule is N#Cc1cccc(N2C[C@@]3(CCN(C(=O)c4ccncc4)C3)CC2=O)c1. The summed E-state index contributed by atoms with van der Waals surface area (Å²) in [6, 6.07) is 12.7. The zero-order valence-corrected chi connectivity index (χ0v) is 14.3. The lowest BCUT2D eigenvalue weighted by Crippen LogP contribution is -2.34. The van der Waals surface area contributed by atoms with Gasteiger partial charge < -0.3 is 9.80 Å². The number of likely N-dealkylation sites (tertiary alicyclic amines) is 1. The molecule has 2 aromatic rings. The molecule has 0 bridgehead atoms. The number of anilines is 1. The van der Waals surface area contributed by atoms with Gasteiger partial charge in [-0.2, -0.15) is 5.26 Å². The summed E-state index contributed by atoms with van der Waals surface area (Å²) in [4.78, 5) is 32.8. The van der Waals surface area contributed by atoms with E-state index in [1.165, 1.54) is 0 Å². The van der Waals surface area contributed by atoms with Gasteiger partial charge in [0.25, 0.3) is 5.91 Å². The van der Waals surface area contributed by atoms with Crippen molar-refractivity contribution >= 4 is 17.5 Å². The Morgan fingerprint density at radius 1 is 1.19 bits per heavy atom. The van der Waals surface area contributed by atoms with Crippen LogP contribution in [-0.2, 0) is 4.79 Å². The third kappa shape index (κ3) is 2.82. The monoisotopic (exact) mass is 346 g/mol. The molecule has 1 aromatic heterocycles. The Morgan fingerprint density at radius 3 is 2.77 bits per heavy atom. The fraction of sp³-hybridized carbons (Fsp3) is 0.300. The first kappa shape index (κ1) is 16.3. The highest BCUT2D eigenvalue weighted by Crippen LogP contribution is 2.42. The predicted octanol–water partition coefficient (Wildman–Crippen LogP) is 2.22. The average Bonchev–Trinajstić information content (AvgIpc) is 3.24. The molecule has 0 unspecified atom stereocenters. The maximum atomic E-state index is 12.7. The van der Waals surface area contributed by atoms with Gasteiger partial charge >= 0.3 is 0 Å². The number of amides is 2. The van der Waals surface area contributed by atoms with Crippen molar-refractivity contribution in [2.45, 2.75) is 12.8 Å². The van der Waals surface area contributed by atoms with Gasteiger partial charge in [0.15, 0.2) is 0 Å². The number of pyridine rings is 1. The lowest BCUT2D eigenvalue weighted by molar-refractivity contribution is -0.117. The first-order valence-corrected chi connectivity index (χ1v) is 8.60. The van der Waals surface area contributed by atoms with Gasteiger partial charge in [0.1, 0.15) is 0 Å². The zero-order chi connectivity index (χ0) is 18.1.